The van der Waals surface area contributed by atoms with Crippen molar-refractivity contribution in [3.05, 3.63) is 89.6 Å². The molecule has 0 unspecified atom stereocenters. The van der Waals surface area contributed by atoms with Crippen molar-refractivity contribution in [2.45, 2.75) is 32.6 Å². The van der Waals surface area contributed by atoms with Gasteiger partial charge in [0.2, 0.25) is 0 Å². The van der Waals surface area contributed by atoms with Crippen LogP contribution in [-0.2, 0) is 19.3 Å². The zero-order valence-corrected chi connectivity index (χ0v) is 17.4. The van der Waals surface area contributed by atoms with E-state index in [9.17, 15) is 4.79 Å². The smallest absolute Gasteiger partial charge is 0.276 e. The zero-order chi connectivity index (χ0) is 21.2. The predicted octanol–water partition coefficient (Wildman–Crippen LogP) is 4.63. The molecule has 4 aromatic rings. The lowest BCUT2D eigenvalue weighted by atomic mass is 10.1. The van der Waals surface area contributed by atoms with Crippen LogP contribution in [-0.4, -0.2) is 25.7 Å². The number of benzene rings is 1. The van der Waals surface area contributed by atoms with Gasteiger partial charge in [0.1, 0.15) is 0 Å². The fourth-order valence-corrected chi connectivity index (χ4v) is 4.13. The molecule has 1 amide bonds. The van der Waals surface area contributed by atoms with Crippen LogP contribution in [0, 0.1) is 0 Å². The molecule has 154 valence electrons. The highest BCUT2D eigenvalue weighted by Gasteiger charge is 2.27. The summed E-state index contributed by atoms with van der Waals surface area (Å²) in [6, 6.07) is 15.8. The van der Waals surface area contributed by atoms with Gasteiger partial charge in [0, 0.05) is 35.4 Å². The molecule has 1 N–H and O–H groups in total. The number of nitrogens with one attached hydrogen (secondary N) is 1. The van der Waals surface area contributed by atoms with Gasteiger partial charge in [-0.2, -0.15) is 5.10 Å². The number of hydrogen-bond acceptors (Lipinski definition) is 4. The van der Waals surface area contributed by atoms with E-state index in [1.165, 1.54) is 5.56 Å². The maximum absolute atomic E-state index is 13.3. The van der Waals surface area contributed by atoms with Crippen LogP contribution in [0.1, 0.15) is 40.7 Å². The van der Waals surface area contributed by atoms with Crippen LogP contribution >= 0.6 is 0 Å². The molecule has 5 rings (SSSR count). The van der Waals surface area contributed by atoms with E-state index >= 15 is 0 Å². The van der Waals surface area contributed by atoms with E-state index in [-0.39, 0.29) is 5.91 Å². The Balaban J connectivity index is 1.49. The molecule has 0 saturated heterocycles. The molecular formula is C25H23N5O. The molecule has 0 bridgehead atoms. The molecule has 0 spiro atoms. The molecule has 6 heteroatoms. The Morgan fingerprint density at radius 2 is 1.90 bits per heavy atom. The largest absolute Gasteiger partial charge is 0.319 e. The first-order valence-corrected chi connectivity index (χ1v) is 10.6. The summed E-state index contributed by atoms with van der Waals surface area (Å²) in [7, 11) is 0. The molecule has 6 nitrogen and oxygen atoms in total. The summed E-state index contributed by atoms with van der Waals surface area (Å²) < 4.78 is 1.93. The third kappa shape index (κ3) is 3.61. The Hall–Kier alpha value is -3.80. The summed E-state index contributed by atoms with van der Waals surface area (Å²) in [4.78, 5) is 21.9. The van der Waals surface area contributed by atoms with E-state index in [1.807, 2.05) is 28.9 Å². The number of aryl methyl sites for hydroxylation is 1. The minimum Gasteiger partial charge on any atom is -0.319 e. The minimum absolute atomic E-state index is 0.208. The topological polar surface area (TPSA) is 72.7 Å². The Labute approximate surface area is 181 Å². The lowest BCUT2D eigenvalue weighted by Gasteiger charge is -2.09. The van der Waals surface area contributed by atoms with Gasteiger partial charge in [0.15, 0.2) is 5.69 Å². The second-order valence-corrected chi connectivity index (χ2v) is 7.65. The summed E-state index contributed by atoms with van der Waals surface area (Å²) in [5, 5.41) is 7.76. The van der Waals surface area contributed by atoms with Crippen LogP contribution in [0.4, 0.5) is 5.69 Å². The first-order chi connectivity index (χ1) is 15.2. The van der Waals surface area contributed by atoms with Gasteiger partial charge in [0.05, 0.1) is 17.1 Å². The normalized spacial score (nSPS) is 12.5. The lowest BCUT2D eigenvalue weighted by molar-refractivity contribution is 0.102. The first-order valence-electron chi connectivity index (χ1n) is 10.6. The quantitative estimate of drug-likeness (QED) is 0.521. The molecule has 0 aliphatic heterocycles. The van der Waals surface area contributed by atoms with Crippen molar-refractivity contribution >= 4 is 11.6 Å². The molecule has 31 heavy (non-hydrogen) atoms. The summed E-state index contributed by atoms with van der Waals surface area (Å²) >= 11 is 0. The number of fused-ring (bicyclic) bond motifs is 1. The van der Waals surface area contributed by atoms with Gasteiger partial charge in [-0.05, 0) is 67.6 Å². The fourth-order valence-electron chi connectivity index (χ4n) is 4.13. The fraction of sp³-hybridized carbons (Fsp3) is 0.200. The number of amides is 1. The highest BCUT2D eigenvalue weighted by atomic mass is 16.2. The summed E-state index contributed by atoms with van der Waals surface area (Å²) in [6.07, 6.45) is 9.00. The van der Waals surface area contributed by atoms with Crippen molar-refractivity contribution in [1.82, 2.24) is 19.7 Å². The van der Waals surface area contributed by atoms with Gasteiger partial charge in [0.25, 0.3) is 5.91 Å². The van der Waals surface area contributed by atoms with Gasteiger partial charge in [-0.3, -0.25) is 14.8 Å². The van der Waals surface area contributed by atoms with E-state index in [1.54, 1.807) is 18.6 Å². The third-order valence-corrected chi connectivity index (χ3v) is 5.73. The van der Waals surface area contributed by atoms with Crippen molar-refractivity contribution in [1.29, 1.82) is 0 Å². The average Bonchev–Trinajstić information content (AvgIpc) is 3.43. The number of anilines is 1. The number of rotatable bonds is 5. The van der Waals surface area contributed by atoms with E-state index in [4.69, 9.17) is 5.10 Å². The Morgan fingerprint density at radius 3 is 2.68 bits per heavy atom. The van der Waals surface area contributed by atoms with Crippen molar-refractivity contribution in [3.8, 4) is 16.9 Å². The molecule has 0 radical (unpaired) electrons. The number of nitrogens with zero attached hydrogens (tertiary/aromatic N) is 4. The zero-order valence-electron chi connectivity index (χ0n) is 17.4. The number of pyridine rings is 2. The SMILES string of the molecule is CCc1ccc(-n2nc(C(=O)Nc3cccnc3-c3cccnc3)c3c2CCC3)cc1. The molecule has 3 aromatic heterocycles. The van der Waals surface area contributed by atoms with E-state index in [2.05, 4.69) is 46.5 Å². The van der Waals surface area contributed by atoms with Gasteiger partial charge in [-0.15, -0.1) is 0 Å². The lowest BCUT2D eigenvalue weighted by Crippen LogP contribution is -2.16. The summed E-state index contributed by atoms with van der Waals surface area (Å²) in [6.45, 7) is 2.14. The van der Waals surface area contributed by atoms with E-state index < -0.39 is 0 Å². The van der Waals surface area contributed by atoms with Crippen LogP contribution in [0.15, 0.2) is 67.1 Å². The molecule has 1 aromatic carbocycles. The molecule has 1 aliphatic carbocycles. The van der Waals surface area contributed by atoms with Crippen LogP contribution < -0.4 is 5.32 Å². The minimum atomic E-state index is -0.208. The number of aromatic nitrogens is 4. The molecular weight excluding hydrogens is 386 g/mol. The first kappa shape index (κ1) is 19.2. The number of hydrogen-bond donors (Lipinski definition) is 1. The number of carbonyl (C=O) groups excluding carboxylic acids is 1. The molecule has 0 atom stereocenters. The van der Waals surface area contributed by atoms with Gasteiger partial charge >= 0.3 is 0 Å². The monoisotopic (exact) mass is 409 g/mol. The van der Waals surface area contributed by atoms with Crippen molar-refractivity contribution in [3.63, 3.8) is 0 Å². The second-order valence-electron chi connectivity index (χ2n) is 7.65. The molecule has 3 heterocycles. The maximum Gasteiger partial charge on any atom is 0.276 e. The van der Waals surface area contributed by atoms with Crippen molar-refractivity contribution in [2.75, 3.05) is 5.32 Å². The third-order valence-electron chi connectivity index (χ3n) is 5.73. The highest BCUT2D eigenvalue weighted by molar-refractivity contribution is 6.05. The Kier molecular flexibility index (Phi) is 5.04. The van der Waals surface area contributed by atoms with Gasteiger partial charge in [-0.25, -0.2) is 4.68 Å². The van der Waals surface area contributed by atoms with Crippen LogP contribution in [0.5, 0.6) is 0 Å². The van der Waals surface area contributed by atoms with Crippen molar-refractivity contribution in [2.24, 2.45) is 0 Å². The standard InChI is InChI=1S/C25H23N5O/c1-2-17-10-12-19(13-11-17)30-22-9-3-7-20(22)24(29-30)25(31)28-21-8-5-15-27-23(21)18-6-4-14-26-16-18/h4-6,8,10-16H,2-3,7,9H2,1H3,(H,28,31). The molecule has 0 saturated carbocycles. The van der Waals surface area contributed by atoms with Gasteiger partial charge < -0.3 is 5.32 Å². The Bertz CT molecular complexity index is 1230. The summed E-state index contributed by atoms with van der Waals surface area (Å²) in [5.74, 6) is -0.208. The summed E-state index contributed by atoms with van der Waals surface area (Å²) in [5.41, 5.74) is 7.14. The Morgan fingerprint density at radius 1 is 1.06 bits per heavy atom. The van der Waals surface area contributed by atoms with Crippen molar-refractivity contribution < 1.29 is 4.79 Å². The maximum atomic E-state index is 13.3. The predicted molar refractivity (Wildman–Crippen MR) is 120 cm³/mol. The molecule has 1 aliphatic rings. The molecule has 0 fully saturated rings. The van der Waals surface area contributed by atoms with E-state index in [0.29, 0.717) is 17.1 Å². The van der Waals surface area contributed by atoms with Crippen LogP contribution in [0.2, 0.25) is 0 Å². The number of carbonyl (C=O) groups is 1. The second kappa shape index (κ2) is 8.14. The van der Waals surface area contributed by atoms with Crippen LogP contribution in [0.3, 0.4) is 0 Å². The highest BCUT2D eigenvalue weighted by Crippen LogP contribution is 2.30. The average molecular weight is 409 g/mol. The van der Waals surface area contributed by atoms with Crippen LogP contribution in [0.25, 0.3) is 16.9 Å². The van der Waals surface area contributed by atoms with Gasteiger partial charge in [-0.1, -0.05) is 19.1 Å². The van der Waals surface area contributed by atoms with E-state index in [0.717, 1.165) is 48.2 Å².